The number of rotatable bonds is 7. The largest absolute Gasteiger partial charge is 0.296 e. The van der Waals surface area contributed by atoms with Crippen molar-refractivity contribution in [3.63, 3.8) is 0 Å². The van der Waals surface area contributed by atoms with Crippen LogP contribution in [0.5, 0.6) is 0 Å². The van der Waals surface area contributed by atoms with Crippen LogP contribution in [0.4, 0.5) is 5.13 Å². The number of anilines is 1. The normalized spacial score (nSPS) is 11.4. The minimum absolute atomic E-state index is 0.114. The number of hydrogen-bond acceptors (Lipinski definition) is 6. The molecule has 8 heteroatoms. The van der Waals surface area contributed by atoms with Gasteiger partial charge in [-0.3, -0.25) is 10.1 Å². The predicted molar refractivity (Wildman–Crippen MR) is 90.6 cm³/mol. The van der Waals surface area contributed by atoms with Crippen molar-refractivity contribution in [1.82, 2.24) is 10.2 Å². The molecule has 23 heavy (non-hydrogen) atoms. The topological polar surface area (TPSA) is 89.0 Å². The highest BCUT2D eigenvalue weighted by Crippen LogP contribution is 2.19. The van der Waals surface area contributed by atoms with Crippen molar-refractivity contribution < 1.29 is 13.2 Å². The van der Waals surface area contributed by atoms with Crippen LogP contribution in [-0.2, 0) is 16.3 Å². The Hall–Kier alpha value is -1.80. The van der Waals surface area contributed by atoms with Crippen LogP contribution >= 0.6 is 11.3 Å². The van der Waals surface area contributed by atoms with E-state index < -0.39 is 15.7 Å². The van der Waals surface area contributed by atoms with Gasteiger partial charge >= 0.3 is 0 Å². The molecule has 1 amide bonds. The lowest BCUT2D eigenvalue weighted by Gasteiger charge is -2.03. The van der Waals surface area contributed by atoms with E-state index in [0.29, 0.717) is 5.13 Å². The Bertz CT molecular complexity index is 785. The number of aromatic nitrogens is 2. The molecule has 1 aromatic carbocycles. The summed E-state index contributed by atoms with van der Waals surface area (Å²) in [4.78, 5) is 12.3. The Kier molecular flexibility index (Phi) is 5.84. The fourth-order valence-corrected chi connectivity index (χ4v) is 3.41. The molecular weight excluding hydrogens is 334 g/mol. The number of carbonyl (C=O) groups excluding carboxylic acids is 1. The zero-order valence-corrected chi connectivity index (χ0v) is 14.7. The van der Waals surface area contributed by atoms with Gasteiger partial charge in [0.15, 0.2) is 9.84 Å². The van der Waals surface area contributed by atoms with Crippen molar-refractivity contribution >= 4 is 32.2 Å². The Morgan fingerprint density at radius 2 is 2.04 bits per heavy atom. The van der Waals surface area contributed by atoms with Gasteiger partial charge in [-0.25, -0.2) is 8.42 Å². The van der Waals surface area contributed by atoms with Crippen LogP contribution in [0.1, 0.15) is 41.6 Å². The first kappa shape index (κ1) is 17.6. The summed E-state index contributed by atoms with van der Waals surface area (Å²) in [5, 5.41) is 12.0. The average molecular weight is 353 g/mol. The molecule has 0 radical (unpaired) electrons. The van der Waals surface area contributed by atoms with Crippen molar-refractivity contribution in [3.8, 4) is 0 Å². The molecule has 2 aromatic rings. The third kappa shape index (κ3) is 5.11. The maximum Gasteiger partial charge on any atom is 0.257 e. The molecule has 0 atom stereocenters. The van der Waals surface area contributed by atoms with E-state index in [-0.39, 0.29) is 10.5 Å². The van der Waals surface area contributed by atoms with Gasteiger partial charge in [0.05, 0.1) is 4.90 Å². The molecule has 124 valence electrons. The minimum Gasteiger partial charge on any atom is -0.296 e. The first-order valence-electron chi connectivity index (χ1n) is 7.34. The number of nitrogens with zero attached hydrogens (tertiary/aromatic N) is 2. The smallest absolute Gasteiger partial charge is 0.257 e. The van der Waals surface area contributed by atoms with Gasteiger partial charge in [0.2, 0.25) is 5.13 Å². The van der Waals surface area contributed by atoms with E-state index in [1.807, 2.05) is 0 Å². The first-order valence-corrected chi connectivity index (χ1v) is 10.0. The van der Waals surface area contributed by atoms with Crippen LogP contribution < -0.4 is 5.32 Å². The Morgan fingerprint density at radius 3 is 2.74 bits per heavy atom. The standard InChI is InChI=1S/C15H19N3O3S2/c1-3-4-5-9-13-17-18-15(22-13)16-14(19)11-7-6-8-12(10-11)23(2,20)21/h6-8,10H,3-5,9H2,1-2H3,(H,16,18,19). The average Bonchev–Trinajstić information content (AvgIpc) is 2.94. The molecule has 0 aliphatic rings. The number of nitrogens with one attached hydrogen (secondary N) is 1. The second-order valence-corrected chi connectivity index (χ2v) is 8.29. The lowest BCUT2D eigenvalue weighted by atomic mass is 10.2. The van der Waals surface area contributed by atoms with E-state index in [9.17, 15) is 13.2 Å². The van der Waals surface area contributed by atoms with Crippen LogP contribution in [0.2, 0.25) is 0 Å². The van der Waals surface area contributed by atoms with E-state index in [0.717, 1.165) is 36.9 Å². The van der Waals surface area contributed by atoms with E-state index in [2.05, 4.69) is 22.4 Å². The van der Waals surface area contributed by atoms with Crippen molar-refractivity contribution in [2.45, 2.75) is 37.5 Å². The summed E-state index contributed by atoms with van der Waals surface area (Å²) in [6.07, 6.45) is 5.29. The second-order valence-electron chi connectivity index (χ2n) is 5.21. The molecule has 0 aliphatic carbocycles. The molecule has 1 aromatic heterocycles. The van der Waals surface area contributed by atoms with Crippen molar-refractivity contribution in [2.24, 2.45) is 0 Å². The maximum absolute atomic E-state index is 12.2. The van der Waals surface area contributed by atoms with Crippen molar-refractivity contribution in [1.29, 1.82) is 0 Å². The number of aryl methyl sites for hydroxylation is 1. The lowest BCUT2D eigenvalue weighted by molar-refractivity contribution is 0.102. The third-order valence-corrected chi connectivity index (χ3v) is 5.21. The molecule has 0 fully saturated rings. The molecule has 0 saturated carbocycles. The molecule has 0 bridgehead atoms. The Labute approximate surface area is 139 Å². The summed E-state index contributed by atoms with van der Waals surface area (Å²) in [5.74, 6) is -0.397. The van der Waals surface area contributed by atoms with Gasteiger partial charge in [-0.1, -0.05) is 37.2 Å². The van der Waals surface area contributed by atoms with Gasteiger partial charge in [-0.05, 0) is 24.6 Å². The second kappa shape index (κ2) is 7.65. The molecule has 2 rings (SSSR count). The summed E-state index contributed by atoms with van der Waals surface area (Å²) in [7, 11) is -3.35. The minimum atomic E-state index is -3.35. The Morgan fingerprint density at radius 1 is 1.26 bits per heavy atom. The molecule has 0 saturated heterocycles. The summed E-state index contributed by atoms with van der Waals surface area (Å²) in [5.41, 5.74) is 0.274. The highest BCUT2D eigenvalue weighted by atomic mass is 32.2. The molecular formula is C15H19N3O3S2. The van der Waals surface area contributed by atoms with E-state index in [1.165, 1.54) is 23.5 Å². The molecule has 0 unspecified atom stereocenters. The molecule has 6 nitrogen and oxygen atoms in total. The highest BCUT2D eigenvalue weighted by molar-refractivity contribution is 7.90. The first-order chi connectivity index (χ1) is 10.9. The summed E-state index contributed by atoms with van der Waals surface area (Å²) in [6, 6.07) is 5.92. The summed E-state index contributed by atoms with van der Waals surface area (Å²) < 4.78 is 23.1. The molecule has 0 aliphatic heterocycles. The van der Waals surface area contributed by atoms with Crippen LogP contribution in [0, 0.1) is 0 Å². The van der Waals surface area contributed by atoms with Gasteiger partial charge in [-0.2, -0.15) is 0 Å². The number of unbranched alkanes of at least 4 members (excludes halogenated alkanes) is 2. The van der Waals surface area contributed by atoms with Crippen LogP contribution in [0.3, 0.4) is 0 Å². The zero-order valence-electron chi connectivity index (χ0n) is 13.1. The van der Waals surface area contributed by atoms with Crippen molar-refractivity contribution in [2.75, 3.05) is 11.6 Å². The highest BCUT2D eigenvalue weighted by Gasteiger charge is 2.13. The van der Waals surface area contributed by atoms with E-state index in [1.54, 1.807) is 12.1 Å². The molecule has 1 N–H and O–H groups in total. The quantitative estimate of drug-likeness (QED) is 0.773. The van der Waals surface area contributed by atoms with Crippen LogP contribution in [-0.4, -0.2) is 30.8 Å². The lowest BCUT2D eigenvalue weighted by Crippen LogP contribution is -2.12. The van der Waals surface area contributed by atoms with Gasteiger partial charge in [0.25, 0.3) is 5.91 Å². The summed E-state index contributed by atoms with van der Waals surface area (Å²) >= 11 is 1.34. The monoisotopic (exact) mass is 353 g/mol. The SMILES string of the molecule is CCCCCc1nnc(NC(=O)c2cccc(S(C)(=O)=O)c2)s1. The van der Waals surface area contributed by atoms with Gasteiger partial charge in [0.1, 0.15) is 5.01 Å². The fourth-order valence-electron chi connectivity index (χ4n) is 1.97. The third-order valence-electron chi connectivity index (χ3n) is 3.21. The number of hydrogen-bond donors (Lipinski definition) is 1. The predicted octanol–water partition coefficient (Wildman–Crippen LogP) is 2.93. The zero-order chi connectivity index (χ0) is 16.9. The van der Waals surface area contributed by atoms with E-state index >= 15 is 0 Å². The molecule has 0 spiro atoms. The number of carbonyl (C=O) groups is 1. The Balaban J connectivity index is 2.05. The number of amides is 1. The van der Waals surface area contributed by atoms with Gasteiger partial charge < -0.3 is 0 Å². The van der Waals surface area contributed by atoms with Gasteiger partial charge in [-0.15, -0.1) is 10.2 Å². The number of benzene rings is 1. The van der Waals surface area contributed by atoms with Gasteiger partial charge in [0, 0.05) is 18.2 Å². The van der Waals surface area contributed by atoms with E-state index in [4.69, 9.17) is 0 Å². The van der Waals surface area contributed by atoms with Crippen LogP contribution in [0.15, 0.2) is 29.2 Å². The van der Waals surface area contributed by atoms with Crippen molar-refractivity contribution in [3.05, 3.63) is 34.8 Å². The fraction of sp³-hybridized carbons (Fsp3) is 0.400. The van der Waals surface area contributed by atoms with Crippen LogP contribution in [0.25, 0.3) is 0 Å². The molecule has 1 heterocycles. The maximum atomic E-state index is 12.2. The number of sulfone groups is 1. The summed E-state index contributed by atoms with van der Waals surface area (Å²) in [6.45, 7) is 2.14.